The Morgan fingerprint density at radius 2 is 2.24 bits per heavy atom. The zero-order valence-corrected chi connectivity index (χ0v) is 12.1. The minimum atomic E-state index is 0.208. The molecule has 0 aromatic carbocycles. The summed E-state index contributed by atoms with van der Waals surface area (Å²) < 4.78 is 1.01. The lowest BCUT2D eigenvalue weighted by molar-refractivity contribution is 0.677. The summed E-state index contributed by atoms with van der Waals surface area (Å²) in [4.78, 5) is 6.56. The van der Waals surface area contributed by atoms with Crippen molar-refractivity contribution >= 4 is 27.6 Å². The van der Waals surface area contributed by atoms with Crippen molar-refractivity contribution in [1.29, 1.82) is 5.41 Å². The molecule has 3 N–H and O–H groups in total. The van der Waals surface area contributed by atoms with Crippen molar-refractivity contribution in [1.82, 2.24) is 4.98 Å². The maximum atomic E-state index is 7.31. The van der Waals surface area contributed by atoms with E-state index in [-0.39, 0.29) is 5.84 Å². The lowest BCUT2D eigenvalue weighted by atomic mass is 10.2. The van der Waals surface area contributed by atoms with Gasteiger partial charge < -0.3 is 10.6 Å². The van der Waals surface area contributed by atoms with Gasteiger partial charge in [0, 0.05) is 25.2 Å². The predicted octanol–water partition coefficient (Wildman–Crippen LogP) is 2.69. The molecule has 0 unspecified atom stereocenters. The summed E-state index contributed by atoms with van der Waals surface area (Å²) in [5.74, 6) is 1.13. The summed E-state index contributed by atoms with van der Waals surface area (Å²) in [6, 6.07) is 2.29. The van der Waals surface area contributed by atoms with Gasteiger partial charge in [0.25, 0.3) is 0 Å². The lowest BCUT2D eigenvalue weighted by Crippen LogP contribution is -2.34. The second-order valence-corrected chi connectivity index (χ2v) is 5.12. The van der Waals surface area contributed by atoms with Gasteiger partial charge in [-0.2, -0.15) is 0 Å². The molecule has 0 saturated carbocycles. The Balaban J connectivity index is 2.97. The van der Waals surface area contributed by atoms with Gasteiger partial charge in [-0.15, -0.1) is 0 Å². The van der Waals surface area contributed by atoms with Gasteiger partial charge in [-0.1, -0.05) is 0 Å². The summed E-state index contributed by atoms with van der Waals surface area (Å²) in [5, 5.41) is 7.31. The van der Waals surface area contributed by atoms with Crippen LogP contribution in [-0.2, 0) is 0 Å². The van der Waals surface area contributed by atoms with Crippen molar-refractivity contribution in [3.05, 3.63) is 22.3 Å². The zero-order valence-electron chi connectivity index (χ0n) is 10.5. The number of halogens is 1. The van der Waals surface area contributed by atoms with Crippen LogP contribution in [0.15, 0.2) is 16.7 Å². The van der Waals surface area contributed by atoms with Crippen molar-refractivity contribution in [3.63, 3.8) is 0 Å². The molecule has 1 heterocycles. The summed E-state index contributed by atoms with van der Waals surface area (Å²) in [5.41, 5.74) is 6.57. The summed E-state index contributed by atoms with van der Waals surface area (Å²) in [6.45, 7) is 6.97. The molecule has 1 rings (SSSR count). The van der Waals surface area contributed by atoms with Gasteiger partial charge >= 0.3 is 0 Å². The number of nitrogens with two attached hydrogens (primary N) is 1. The third-order valence-corrected chi connectivity index (χ3v) is 3.56. The first kappa shape index (κ1) is 14.0. The number of amidine groups is 1. The van der Waals surface area contributed by atoms with Crippen LogP contribution in [-0.4, -0.2) is 23.4 Å². The minimum Gasteiger partial charge on any atom is -0.388 e. The third kappa shape index (κ3) is 3.70. The van der Waals surface area contributed by atoms with Crippen LogP contribution in [0.4, 0.5) is 5.82 Å². The second-order valence-electron chi connectivity index (χ2n) is 4.33. The van der Waals surface area contributed by atoms with E-state index in [1.54, 1.807) is 6.20 Å². The van der Waals surface area contributed by atoms with E-state index in [0.717, 1.165) is 15.9 Å². The van der Waals surface area contributed by atoms with Crippen LogP contribution < -0.4 is 10.6 Å². The Labute approximate surface area is 111 Å². The molecule has 0 aliphatic rings. The van der Waals surface area contributed by atoms with E-state index in [4.69, 9.17) is 11.1 Å². The lowest BCUT2D eigenvalue weighted by Gasteiger charge is -2.29. The van der Waals surface area contributed by atoms with Crippen LogP contribution >= 0.6 is 15.9 Å². The molecule has 0 fully saturated rings. The molecule has 0 radical (unpaired) electrons. The summed E-state index contributed by atoms with van der Waals surface area (Å²) in [7, 11) is 0. The zero-order chi connectivity index (χ0) is 13.0. The first-order valence-corrected chi connectivity index (χ1v) is 6.43. The Morgan fingerprint density at radius 1 is 1.59 bits per heavy atom. The standard InChI is InChI=1S/C12H19BrN4/c1-8(2)17(7-5-10(14)15)12-11(13)9(3)4-6-16-12/h4,6,8H,5,7H2,1-3H3,(H3,14,15). The smallest absolute Gasteiger partial charge is 0.143 e. The highest BCUT2D eigenvalue weighted by Crippen LogP contribution is 2.28. The molecule has 0 aliphatic heterocycles. The highest BCUT2D eigenvalue weighted by atomic mass is 79.9. The first-order chi connectivity index (χ1) is 7.93. The Bertz CT molecular complexity index is 403. The average Bonchev–Trinajstić information content (AvgIpc) is 2.23. The van der Waals surface area contributed by atoms with E-state index in [1.165, 1.54) is 0 Å². The van der Waals surface area contributed by atoms with E-state index in [2.05, 4.69) is 39.7 Å². The van der Waals surface area contributed by atoms with E-state index < -0.39 is 0 Å². The SMILES string of the molecule is Cc1ccnc(N(CCC(=N)N)C(C)C)c1Br. The molecule has 0 atom stereocenters. The largest absolute Gasteiger partial charge is 0.388 e. The predicted molar refractivity (Wildman–Crippen MR) is 75.7 cm³/mol. The topological polar surface area (TPSA) is 66.0 Å². The second kappa shape index (κ2) is 6.00. The molecule has 94 valence electrons. The van der Waals surface area contributed by atoms with Crippen molar-refractivity contribution in [2.45, 2.75) is 33.2 Å². The molecular formula is C12H19BrN4. The maximum Gasteiger partial charge on any atom is 0.143 e. The molecular weight excluding hydrogens is 280 g/mol. The average molecular weight is 299 g/mol. The number of hydrogen-bond donors (Lipinski definition) is 2. The number of anilines is 1. The minimum absolute atomic E-state index is 0.208. The van der Waals surface area contributed by atoms with Crippen LogP contribution in [0.25, 0.3) is 0 Å². The molecule has 4 nitrogen and oxygen atoms in total. The fraction of sp³-hybridized carbons (Fsp3) is 0.500. The van der Waals surface area contributed by atoms with E-state index in [1.807, 2.05) is 13.0 Å². The number of aromatic nitrogens is 1. The Morgan fingerprint density at radius 3 is 2.76 bits per heavy atom. The maximum absolute atomic E-state index is 7.31. The van der Waals surface area contributed by atoms with Gasteiger partial charge in [0.15, 0.2) is 0 Å². The number of nitrogens with zero attached hydrogens (tertiary/aromatic N) is 2. The van der Waals surface area contributed by atoms with E-state index >= 15 is 0 Å². The fourth-order valence-corrected chi connectivity index (χ4v) is 2.04. The van der Waals surface area contributed by atoms with Gasteiger partial charge in [-0.05, 0) is 48.3 Å². The first-order valence-electron chi connectivity index (χ1n) is 5.64. The van der Waals surface area contributed by atoms with E-state index in [9.17, 15) is 0 Å². The Kier molecular flexibility index (Phi) is 4.93. The number of nitrogens with one attached hydrogen (secondary N) is 1. The van der Waals surface area contributed by atoms with Gasteiger partial charge in [0.05, 0.1) is 10.3 Å². The monoisotopic (exact) mass is 298 g/mol. The van der Waals surface area contributed by atoms with Crippen LogP contribution in [0, 0.1) is 12.3 Å². The van der Waals surface area contributed by atoms with Gasteiger partial charge in [0.2, 0.25) is 0 Å². The number of pyridine rings is 1. The van der Waals surface area contributed by atoms with Crippen LogP contribution in [0.1, 0.15) is 25.8 Å². The molecule has 0 saturated heterocycles. The third-order valence-electron chi connectivity index (χ3n) is 2.58. The van der Waals surface area contributed by atoms with Gasteiger partial charge in [0.1, 0.15) is 5.82 Å². The van der Waals surface area contributed by atoms with Gasteiger partial charge in [-0.3, -0.25) is 5.41 Å². The number of hydrogen-bond acceptors (Lipinski definition) is 3. The quantitative estimate of drug-likeness (QED) is 0.649. The number of rotatable bonds is 5. The molecule has 17 heavy (non-hydrogen) atoms. The molecule has 0 amide bonds. The summed E-state index contributed by atoms with van der Waals surface area (Å²) >= 11 is 3.57. The van der Waals surface area contributed by atoms with Crippen LogP contribution in [0.3, 0.4) is 0 Å². The van der Waals surface area contributed by atoms with Crippen molar-refractivity contribution in [2.24, 2.45) is 5.73 Å². The fourth-order valence-electron chi connectivity index (χ4n) is 1.58. The molecule has 0 spiro atoms. The van der Waals surface area contributed by atoms with Crippen molar-refractivity contribution in [2.75, 3.05) is 11.4 Å². The van der Waals surface area contributed by atoms with E-state index in [0.29, 0.717) is 19.0 Å². The normalized spacial score (nSPS) is 10.6. The van der Waals surface area contributed by atoms with Crippen LogP contribution in [0.5, 0.6) is 0 Å². The van der Waals surface area contributed by atoms with Gasteiger partial charge in [-0.25, -0.2) is 4.98 Å². The molecule has 1 aromatic rings. The van der Waals surface area contributed by atoms with Crippen molar-refractivity contribution < 1.29 is 0 Å². The molecule has 0 bridgehead atoms. The number of aryl methyl sites for hydroxylation is 1. The van der Waals surface area contributed by atoms with Crippen molar-refractivity contribution in [3.8, 4) is 0 Å². The Hall–Kier alpha value is -1.10. The highest BCUT2D eigenvalue weighted by Gasteiger charge is 2.16. The highest BCUT2D eigenvalue weighted by molar-refractivity contribution is 9.10. The molecule has 5 heteroatoms. The van der Waals surface area contributed by atoms with Crippen LogP contribution in [0.2, 0.25) is 0 Å². The molecule has 1 aromatic heterocycles. The molecule has 0 aliphatic carbocycles. The summed E-state index contributed by atoms with van der Waals surface area (Å²) in [6.07, 6.45) is 2.36.